The first-order valence-corrected chi connectivity index (χ1v) is 7.88. The van der Waals surface area contributed by atoms with Gasteiger partial charge in [0.05, 0.1) is 5.02 Å². The summed E-state index contributed by atoms with van der Waals surface area (Å²) in [7, 11) is -5.87. The van der Waals surface area contributed by atoms with Gasteiger partial charge in [0, 0.05) is 11.1 Å². The van der Waals surface area contributed by atoms with Gasteiger partial charge in [-0.25, -0.2) is 4.39 Å². The van der Waals surface area contributed by atoms with Gasteiger partial charge in [0.25, 0.3) is 0 Å². The van der Waals surface area contributed by atoms with Crippen LogP contribution in [0.4, 0.5) is 17.6 Å². The Bertz CT molecular complexity index is 848. The van der Waals surface area contributed by atoms with Crippen molar-refractivity contribution in [2.24, 2.45) is 0 Å². The molecule has 0 aliphatic rings. The second-order valence-corrected chi connectivity index (χ2v) is 6.45. The van der Waals surface area contributed by atoms with E-state index in [2.05, 4.69) is 4.18 Å². The van der Waals surface area contributed by atoms with Crippen LogP contribution in [0.3, 0.4) is 0 Å². The van der Waals surface area contributed by atoms with Gasteiger partial charge < -0.3 is 4.18 Å². The molecule has 0 radical (unpaired) electrons. The fraction of sp³-hybridized carbons (Fsp3) is 0.143. The Morgan fingerprint density at radius 1 is 1.04 bits per heavy atom. The summed E-state index contributed by atoms with van der Waals surface area (Å²) in [5, 5.41) is -0.440. The summed E-state index contributed by atoms with van der Waals surface area (Å²) in [6, 6.07) is 7.90. The van der Waals surface area contributed by atoms with Crippen LogP contribution in [-0.2, 0) is 10.1 Å². The highest BCUT2D eigenvalue weighted by Gasteiger charge is 2.48. The second kappa shape index (κ2) is 6.01. The first-order valence-electron chi connectivity index (χ1n) is 6.09. The van der Waals surface area contributed by atoms with Crippen LogP contribution < -0.4 is 4.18 Å². The molecule has 0 heterocycles. The summed E-state index contributed by atoms with van der Waals surface area (Å²) >= 11 is 5.90. The highest BCUT2D eigenvalue weighted by Crippen LogP contribution is 2.39. The molecule has 23 heavy (non-hydrogen) atoms. The van der Waals surface area contributed by atoms with E-state index in [9.17, 15) is 26.0 Å². The molecule has 2 aromatic rings. The van der Waals surface area contributed by atoms with E-state index < -0.39 is 32.2 Å². The largest absolute Gasteiger partial charge is 0.534 e. The Morgan fingerprint density at radius 3 is 2.22 bits per heavy atom. The molecule has 124 valence electrons. The van der Waals surface area contributed by atoms with Crippen LogP contribution in [0.2, 0.25) is 5.02 Å². The Balaban J connectivity index is 2.54. The molecule has 0 N–H and O–H groups in total. The van der Waals surface area contributed by atoms with E-state index in [-0.39, 0.29) is 11.1 Å². The normalized spacial score (nSPS) is 12.3. The lowest BCUT2D eigenvalue weighted by Crippen LogP contribution is -2.28. The minimum Gasteiger partial charge on any atom is -0.374 e. The number of alkyl halides is 3. The van der Waals surface area contributed by atoms with Gasteiger partial charge in [-0.05, 0) is 18.6 Å². The molecule has 0 spiro atoms. The van der Waals surface area contributed by atoms with E-state index in [4.69, 9.17) is 11.6 Å². The number of hydrogen-bond donors (Lipinski definition) is 0. The molecule has 0 saturated carbocycles. The summed E-state index contributed by atoms with van der Waals surface area (Å²) in [5.41, 5.74) is -5.26. The SMILES string of the molecule is Cc1cccc(-c2cccc(OS(=O)(=O)C(F)(F)F)c2Cl)c1F. The number of benzene rings is 2. The van der Waals surface area contributed by atoms with Crippen molar-refractivity contribution >= 4 is 21.7 Å². The van der Waals surface area contributed by atoms with Crippen molar-refractivity contribution in [3.05, 3.63) is 52.8 Å². The second-order valence-electron chi connectivity index (χ2n) is 4.54. The highest BCUT2D eigenvalue weighted by molar-refractivity contribution is 7.88. The van der Waals surface area contributed by atoms with E-state index >= 15 is 0 Å². The van der Waals surface area contributed by atoms with Gasteiger partial charge in [-0.2, -0.15) is 21.6 Å². The summed E-state index contributed by atoms with van der Waals surface area (Å²) in [5.74, 6) is -1.35. The Labute approximate surface area is 134 Å². The van der Waals surface area contributed by atoms with Gasteiger partial charge in [0.1, 0.15) is 5.82 Å². The third-order valence-electron chi connectivity index (χ3n) is 2.93. The van der Waals surface area contributed by atoms with E-state index in [0.29, 0.717) is 5.56 Å². The molecule has 0 saturated heterocycles. The summed E-state index contributed by atoms with van der Waals surface area (Å²) < 4.78 is 77.4. The third kappa shape index (κ3) is 3.42. The average Bonchev–Trinajstić information content (AvgIpc) is 2.43. The van der Waals surface area contributed by atoms with Gasteiger partial charge in [-0.1, -0.05) is 41.9 Å². The molecule has 2 aromatic carbocycles. The van der Waals surface area contributed by atoms with Crippen LogP contribution in [0.1, 0.15) is 5.56 Å². The molecule has 0 amide bonds. The van der Waals surface area contributed by atoms with Crippen molar-refractivity contribution in [2.75, 3.05) is 0 Å². The van der Waals surface area contributed by atoms with Gasteiger partial charge in [0.15, 0.2) is 5.75 Å². The quantitative estimate of drug-likeness (QED) is 0.449. The molecule has 0 aromatic heterocycles. The maximum atomic E-state index is 14.1. The molecule has 0 fully saturated rings. The minimum atomic E-state index is -5.87. The predicted molar refractivity (Wildman–Crippen MR) is 77.2 cm³/mol. The molecule has 0 aliphatic heterocycles. The summed E-state index contributed by atoms with van der Waals surface area (Å²) in [4.78, 5) is 0. The lowest BCUT2D eigenvalue weighted by molar-refractivity contribution is -0.0500. The first-order chi connectivity index (χ1) is 10.5. The molecule has 0 unspecified atom stereocenters. The van der Waals surface area contributed by atoms with Gasteiger partial charge in [-0.3, -0.25) is 0 Å². The molecule has 0 atom stereocenters. The molecule has 0 bridgehead atoms. The Hall–Kier alpha value is -1.80. The maximum absolute atomic E-state index is 14.1. The Morgan fingerprint density at radius 2 is 1.61 bits per heavy atom. The standard InChI is InChI=1S/C14H9ClF4O3S/c1-8-4-2-6-10(13(8)16)9-5-3-7-11(12(9)15)22-23(20,21)14(17,18)19/h2-7H,1H3. The van der Waals surface area contributed by atoms with Crippen LogP contribution in [0, 0.1) is 12.7 Å². The van der Waals surface area contributed by atoms with Crippen molar-refractivity contribution in [1.82, 2.24) is 0 Å². The van der Waals surface area contributed by atoms with Crippen molar-refractivity contribution in [2.45, 2.75) is 12.4 Å². The van der Waals surface area contributed by atoms with Gasteiger partial charge >= 0.3 is 15.6 Å². The molecular weight excluding hydrogens is 360 g/mol. The zero-order valence-electron chi connectivity index (χ0n) is 11.5. The topological polar surface area (TPSA) is 43.4 Å². The molecule has 0 aliphatic carbocycles. The van der Waals surface area contributed by atoms with E-state index in [1.807, 2.05) is 0 Å². The van der Waals surface area contributed by atoms with Crippen LogP contribution in [0.25, 0.3) is 11.1 Å². The molecule has 3 nitrogen and oxygen atoms in total. The number of rotatable bonds is 3. The zero-order chi connectivity index (χ0) is 17.4. The van der Waals surface area contributed by atoms with Crippen LogP contribution in [-0.4, -0.2) is 13.9 Å². The third-order valence-corrected chi connectivity index (χ3v) is 4.28. The lowest BCUT2D eigenvalue weighted by Gasteiger charge is -2.13. The summed E-state index contributed by atoms with van der Waals surface area (Å²) in [6.45, 7) is 1.50. The zero-order valence-corrected chi connectivity index (χ0v) is 13.1. The number of halogens is 5. The monoisotopic (exact) mass is 368 g/mol. The molecule has 9 heteroatoms. The van der Waals surface area contributed by atoms with Crippen molar-refractivity contribution < 1.29 is 30.2 Å². The number of aryl methyl sites for hydroxylation is 1. The summed E-state index contributed by atoms with van der Waals surface area (Å²) in [6.07, 6.45) is 0. The van der Waals surface area contributed by atoms with E-state index in [1.165, 1.54) is 37.3 Å². The van der Waals surface area contributed by atoms with Gasteiger partial charge in [-0.15, -0.1) is 0 Å². The first kappa shape index (κ1) is 17.6. The fourth-order valence-electron chi connectivity index (χ4n) is 1.80. The van der Waals surface area contributed by atoms with Crippen LogP contribution >= 0.6 is 11.6 Å². The van der Waals surface area contributed by atoms with Crippen molar-refractivity contribution in [3.63, 3.8) is 0 Å². The Kier molecular flexibility index (Phi) is 4.59. The smallest absolute Gasteiger partial charge is 0.374 e. The minimum absolute atomic E-state index is 0.0164. The van der Waals surface area contributed by atoms with Crippen molar-refractivity contribution in [3.8, 4) is 16.9 Å². The van der Waals surface area contributed by atoms with Crippen molar-refractivity contribution in [1.29, 1.82) is 0 Å². The van der Waals surface area contributed by atoms with E-state index in [1.54, 1.807) is 0 Å². The highest BCUT2D eigenvalue weighted by atomic mass is 35.5. The van der Waals surface area contributed by atoms with Crippen LogP contribution in [0.5, 0.6) is 5.75 Å². The molecular formula is C14H9ClF4O3S. The van der Waals surface area contributed by atoms with E-state index in [0.717, 1.165) is 6.07 Å². The lowest BCUT2D eigenvalue weighted by atomic mass is 10.0. The predicted octanol–water partition coefficient (Wildman–Crippen LogP) is 4.68. The maximum Gasteiger partial charge on any atom is 0.534 e. The average molecular weight is 369 g/mol. The fourth-order valence-corrected chi connectivity index (χ4v) is 2.59. The van der Waals surface area contributed by atoms with Crippen LogP contribution in [0.15, 0.2) is 36.4 Å². The number of hydrogen-bond acceptors (Lipinski definition) is 3. The molecule has 2 rings (SSSR count). The van der Waals surface area contributed by atoms with Gasteiger partial charge in [0.2, 0.25) is 0 Å².